The van der Waals surface area contributed by atoms with Crippen molar-refractivity contribution < 1.29 is 9.53 Å². The summed E-state index contributed by atoms with van der Waals surface area (Å²) in [4.78, 5) is 13.4. The molecule has 6 unspecified atom stereocenters. The molecule has 0 saturated heterocycles. The number of unbranched alkanes of at least 4 members (excludes halogenated alkanes) is 4. The second-order valence-corrected chi connectivity index (χ2v) is 14.8. The van der Waals surface area contributed by atoms with Crippen LogP contribution < -0.4 is 0 Å². The van der Waals surface area contributed by atoms with E-state index in [4.69, 9.17) is 4.74 Å². The van der Waals surface area contributed by atoms with Crippen LogP contribution in [0.25, 0.3) is 0 Å². The van der Waals surface area contributed by atoms with E-state index in [1.807, 2.05) is 0 Å². The molecule has 0 amide bonds. The molecule has 0 aromatic heterocycles. The van der Waals surface area contributed by atoms with Crippen LogP contribution in [0.2, 0.25) is 0 Å². The number of carbonyl (C=O) groups is 1. The standard InChI is InChI=1S/C38H76O2/c1-11-32(7)21-15-13-17-25-36(26-19-22-33(8)12-2)29-40-38(39)37(28-20-24-35(10)31(5)6)27-18-14-16-23-34(9)30(3)4/h30-37H,11-29H2,1-10H3. The maximum absolute atomic E-state index is 13.4. The lowest BCUT2D eigenvalue weighted by atomic mass is 9.88. The van der Waals surface area contributed by atoms with Gasteiger partial charge in [0.1, 0.15) is 0 Å². The molecule has 0 spiro atoms. The van der Waals surface area contributed by atoms with Gasteiger partial charge in [-0.3, -0.25) is 4.79 Å². The summed E-state index contributed by atoms with van der Waals surface area (Å²) in [5, 5.41) is 0. The molecule has 2 heteroatoms. The molecule has 0 aliphatic heterocycles. The van der Waals surface area contributed by atoms with Gasteiger partial charge in [-0.25, -0.2) is 0 Å². The lowest BCUT2D eigenvalue weighted by Crippen LogP contribution is -2.22. The maximum Gasteiger partial charge on any atom is 0.308 e. The van der Waals surface area contributed by atoms with Crippen LogP contribution in [0.1, 0.15) is 185 Å². The van der Waals surface area contributed by atoms with Gasteiger partial charge >= 0.3 is 5.97 Å². The van der Waals surface area contributed by atoms with E-state index in [1.54, 1.807) is 0 Å². The quantitative estimate of drug-likeness (QED) is 0.0732. The molecular formula is C38H76O2. The Kier molecular flexibility index (Phi) is 24.7. The van der Waals surface area contributed by atoms with Crippen LogP contribution in [0.15, 0.2) is 0 Å². The van der Waals surface area contributed by atoms with Gasteiger partial charge in [0, 0.05) is 0 Å². The molecule has 0 saturated carbocycles. The van der Waals surface area contributed by atoms with Gasteiger partial charge in [-0.05, 0) is 67.1 Å². The highest BCUT2D eigenvalue weighted by Gasteiger charge is 2.22. The lowest BCUT2D eigenvalue weighted by molar-refractivity contribution is -0.150. The van der Waals surface area contributed by atoms with Crippen LogP contribution in [0.5, 0.6) is 0 Å². The molecule has 0 heterocycles. The number of carbonyl (C=O) groups excluding carboxylic acids is 1. The Bertz CT molecular complexity index is 568. The Morgan fingerprint density at radius 1 is 0.500 bits per heavy atom. The summed E-state index contributed by atoms with van der Waals surface area (Å²) in [7, 11) is 0. The van der Waals surface area contributed by atoms with E-state index < -0.39 is 0 Å². The highest BCUT2D eigenvalue weighted by Crippen LogP contribution is 2.26. The smallest absolute Gasteiger partial charge is 0.308 e. The summed E-state index contributed by atoms with van der Waals surface area (Å²) in [6.45, 7) is 24.1. The van der Waals surface area contributed by atoms with Crippen LogP contribution in [0, 0.1) is 47.3 Å². The first kappa shape index (κ1) is 39.5. The Morgan fingerprint density at radius 3 is 1.45 bits per heavy atom. The number of esters is 1. The van der Waals surface area contributed by atoms with Gasteiger partial charge in [0.25, 0.3) is 0 Å². The highest BCUT2D eigenvalue weighted by molar-refractivity contribution is 5.72. The van der Waals surface area contributed by atoms with Gasteiger partial charge in [0.2, 0.25) is 0 Å². The van der Waals surface area contributed by atoms with E-state index in [9.17, 15) is 4.79 Å². The minimum atomic E-state index is 0.0955. The molecule has 0 rings (SSSR count). The molecule has 6 atom stereocenters. The molecule has 40 heavy (non-hydrogen) atoms. The maximum atomic E-state index is 13.4. The van der Waals surface area contributed by atoms with Crippen LogP contribution >= 0.6 is 0 Å². The molecule has 0 fully saturated rings. The average Bonchev–Trinajstić information content (AvgIpc) is 2.92. The Hall–Kier alpha value is -0.530. The first-order chi connectivity index (χ1) is 19.0. The molecule has 0 aliphatic carbocycles. The topological polar surface area (TPSA) is 26.3 Å². The number of hydrogen-bond donors (Lipinski definition) is 0. The van der Waals surface area contributed by atoms with Gasteiger partial charge in [-0.2, -0.15) is 0 Å². The summed E-state index contributed by atoms with van der Waals surface area (Å²) >= 11 is 0. The third kappa shape index (κ3) is 21.2. The third-order valence-corrected chi connectivity index (χ3v) is 10.5. The van der Waals surface area contributed by atoms with Gasteiger partial charge in [0.15, 0.2) is 0 Å². The van der Waals surface area contributed by atoms with E-state index in [-0.39, 0.29) is 11.9 Å². The molecule has 0 aliphatic rings. The highest BCUT2D eigenvalue weighted by atomic mass is 16.5. The van der Waals surface area contributed by atoms with Crippen LogP contribution in [-0.2, 0) is 9.53 Å². The van der Waals surface area contributed by atoms with E-state index >= 15 is 0 Å². The Balaban J connectivity index is 4.90. The van der Waals surface area contributed by atoms with Gasteiger partial charge in [0.05, 0.1) is 12.5 Å². The fourth-order valence-electron chi connectivity index (χ4n) is 5.66. The monoisotopic (exact) mass is 565 g/mol. The normalized spacial score (nSPS) is 16.6. The number of hydrogen-bond acceptors (Lipinski definition) is 2. The van der Waals surface area contributed by atoms with Crippen molar-refractivity contribution in [1.29, 1.82) is 0 Å². The Morgan fingerprint density at radius 2 is 0.900 bits per heavy atom. The third-order valence-electron chi connectivity index (χ3n) is 10.5. The molecule has 0 aromatic carbocycles. The van der Waals surface area contributed by atoms with E-state index in [0.717, 1.165) is 54.8 Å². The van der Waals surface area contributed by atoms with Gasteiger partial charge in [-0.1, -0.05) is 159 Å². The molecule has 0 aromatic rings. The predicted octanol–water partition coefficient (Wildman–Crippen LogP) is 12.7. The van der Waals surface area contributed by atoms with Gasteiger partial charge < -0.3 is 4.74 Å². The first-order valence-corrected chi connectivity index (χ1v) is 18.2. The number of ether oxygens (including phenoxy) is 1. The van der Waals surface area contributed by atoms with Crippen molar-refractivity contribution in [1.82, 2.24) is 0 Å². The fraction of sp³-hybridized carbons (Fsp3) is 0.974. The summed E-state index contributed by atoms with van der Waals surface area (Å²) in [6, 6.07) is 0. The Labute approximate surface area is 254 Å². The number of rotatable bonds is 27. The van der Waals surface area contributed by atoms with Crippen molar-refractivity contribution in [3.8, 4) is 0 Å². The molecule has 0 N–H and O–H groups in total. The van der Waals surface area contributed by atoms with Crippen LogP contribution in [0.4, 0.5) is 0 Å². The minimum absolute atomic E-state index is 0.0955. The van der Waals surface area contributed by atoms with Crippen molar-refractivity contribution in [3.05, 3.63) is 0 Å². The van der Waals surface area contributed by atoms with Crippen molar-refractivity contribution in [2.24, 2.45) is 47.3 Å². The summed E-state index contributed by atoms with van der Waals surface area (Å²) in [5.74, 6) is 5.41. The minimum Gasteiger partial charge on any atom is -0.465 e. The zero-order valence-corrected chi connectivity index (χ0v) is 29.4. The summed E-state index contributed by atoms with van der Waals surface area (Å²) in [5.41, 5.74) is 0. The van der Waals surface area contributed by atoms with E-state index in [0.29, 0.717) is 12.5 Å². The lowest BCUT2D eigenvalue weighted by Gasteiger charge is -2.22. The zero-order valence-electron chi connectivity index (χ0n) is 29.4. The molecule has 0 bridgehead atoms. The van der Waals surface area contributed by atoms with Crippen molar-refractivity contribution in [2.75, 3.05) is 6.61 Å². The van der Waals surface area contributed by atoms with Crippen molar-refractivity contribution >= 4 is 5.97 Å². The SMILES string of the molecule is CCC(C)CCCCCC(CCCC(C)CC)COC(=O)C(CCCCCC(C)C(C)C)CCCC(C)C(C)C. The second-order valence-electron chi connectivity index (χ2n) is 14.8. The first-order valence-electron chi connectivity index (χ1n) is 18.2. The van der Waals surface area contributed by atoms with Crippen molar-refractivity contribution in [2.45, 2.75) is 185 Å². The van der Waals surface area contributed by atoms with Gasteiger partial charge in [-0.15, -0.1) is 0 Å². The molecule has 2 nitrogen and oxygen atoms in total. The van der Waals surface area contributed by atoms with Crippen LogP contribution in [-0.4, -0.2) is 12.6 Å². The molecule has 0 radical (unpaired) electrons. The van der Waals surface area contributed by atoms with Crippen LogP contribution in [0.3, 0.4) is 0 Å². The average molecular weight is 565 g/mol. The fourth-order valence-corrected chi connectivity index (χ4v) is 5.66. The second kappa shape index (κ2) is 25.0. The van der Waals surface area contributed by atoms with Crippen molar-refractivity contribution in [3.63, 3.8) is 0 Å². The summed E-state index contributed by atoms with van der Waals surface area (Å²) in [6.07, 6.45) is 22.3. The largest absolute Gasteiger partial charge is 0.465 e. The molecule has 240 valence electrons. The molecular weight excluding hydrogens is 488 g/mol. The summed E-state index contributed by atoms with van der Waals surface area (Å²) < 4.78 is 6.16. The predicted molar refractivity (Wildman–Crippen MR) is 179 cm³/mol. The zero-order chi connectivity index (χ0) is 30.3. The van der Waals surface area contributed by atoms with E-state index in [2.05, 4.69) is 69.2 Å². The van der Waals surface area contributed by atoms with E-state index in [1.165, 1.54) is 96.3 Å².